The highest BCUT2D eigenvalue weighted by Crippen LogP contribution is 2.36. The molecule has 2 unspecified atom stereocenters. The van der Waals surface area contributed by atoms with Crippen LogP contribution in [0.5, 0.6) is 0 Å². The predicted octanol–water partition coefficient (Wildman–Crippen LogP) is 3.53. The number of nitrogens with one attached hydrogen (secondary N) is 1. The molecule has 1 aliphatic carbocycles. The van der Waals surface area contributed by atoms with Crippen molar-refractivity contribution in [1.82, 2.24) is 0 Å². The zero-order valence-corrected chi connectivity index (χ0v) is 15.8. The molecular weight excluding hydrogens is 389 g/mol. The number of aryl methyl sites for hydroxylation is 1. The molecular formula is C17H28IN3O. The van der Waals surface area contributed by atoms with Crippen molar-refractivity contribution in [3.05, 3.63) is 29.8 Å². The van der Waals surface area contributed by atoms with Crippen LogP contribution in [0.15, 0.2) is 29.3 Å². The molecule has 0 radical (unpaired) electrons. The Kier molecular flexibility index (Phi) is 7.62. The Morgan fingerprint density at radius 1 is 1.45 bits per heavy atom. The fourth-order valence-corrected chi connectivity index (χ4v) is 2.89. The minimum Gasteiger partial charge on any atom is -0.392 e. The number of rotatable bonds is 4. The van der Waals surface area contributed by atoms with Gasteiger partial charge in [-0.1, -0.05) is 38.8 Å². The van der Waals surface area contributed by atoms with Crippen LogP contribution in [0.1, 0.15) is 45.1 Å². The number of aliphatic hydroxyl groups excluding tert-OH is 1. The highest BCUT2D eigenvalue weighted by atomic mass is 127. The first-order valence-corrected chi connectivity index (χ1v) is 7.87. The SMILES string of the molecule is CCc1cccc(NC(N)=NCC2(C)CCCCC2O)c1.I. The lowest BCUT2D eigenvalue weighted by Gasteiger charge is -2.37. The number of hydrogen-bond acceptors (Lipinski definition) is 2. The first-order chi connectivity index (χ1) is 10.0. The van der Waals surface area contributed by atoms with Crippen molar-refractivity contribution in [2.24, 2.45) is 16.1 Å². The summed E-state index contributed by atoms with van der Waals surface area (Å²) >= 11 is 0. The molecule has 0 aliphatic heterocycles. The highest BCUT2D eigenvalue weighted by molar-refractivity contribution is 14.0. The molecule has 124 valence electrons. The third-order valence-corrected chi connectivity index (χ3v) is 4.50. The Morgan fingerprint density at radius 3 is 2.91 bits per heavy atom. The van der Waals surface area contributed by atoms with E-state index in [4.69, 9.17) is 5.73 Å². The third kappa shape index (κ3) is 5.12. The topological polar surface area (TPSA) is 70.6 Å². The molecule has 1 aliphatic rings. The van der Waals surface area contributed by atoms with Gasteiger partial charge in [-0.15, -0.1) is 24.0 Å². The lowest BCUT2D eigenvalue weighted by atomic mass is 9.73. The van der Waals surface area contributed by atoms with Crippen LogP contribution in [0, 0.1) is 5.41 Å². The van der Waals surface area contributed by atoms with Gasteiger partial charge in [0.05, 0.1) is 12.6 Å². The van der Waals surface area contributed by atoms with Crippen LogP contribution >= 0.6 is 24.0 Å². The fourth-order valence-electron chi connectivity index (χ4n) is 2.89. The summed E-state index contributed by atoms with van der Waals surface area (Å²) in [6.07, 6.45) is 4.88. The van der Waals surface area contributed by atoms with Crippen LogP contribution in [0.4, 0.5) is 5.69 Å². The Balaban J connectivity index is 0.00000242. The van der Waals surface area contributed by atoms with Crippen molar-refractivity contribution < 1.29 is 5.11 Å². The molecule has 0 saturated heterocycles. The molecule has 1 aromatic rings. The number of guanidine groups is 1. The first-order valence-electron chi connectivity index (χ1n) is 7.87. The molecule has 4 nitrogen and oxygen atoms in total. The van der Waals surface area contributed by atoms with Crippen LogP contribution in [0.2, 0.25) is 0 Å². The molecule has 0 heterocycles. The van der Waals surface area contributed by atoms with Gasteiger partial charge < -0.3 is 16.2 Å². The lowest BCUT2D eigenvalue weighted by molar-refractivity contribution is 0.00724. The number of halogens is 1. The maximum absolute atomic E-state index is 10.2. The zero-order valence-electron chi connectivity index (χ0n) is 13.5. The maximum Gasteiger partial charge on any atom is 0.193 e. The quantitative estimate of drug-likeness (QED) is 0.399. The number of benzene rings is 1. The van der Waals surface area contributed by atoms with Crippen LogP contribution in [-0.2, 0) is 6.42 Å². The van der Waals surface area contributed by atoms with Gasteiger partial charge in [0.15, 0.2) is 5.96 Å². The second-order valence-electron chi connectivity index (χ2n) is 6.30. The van der Waals surface area contributed by atoms with Gasteiger partial charge in [0.25, 0.3) is 0 Å². The van der Waals surface area contributed by atoms with Crippen molar-refractivity contribution in [1.29, 1.82) is 0 Å². The molecule has 22 heavy (non-hydrogen) atoms. The van der Waals surface area contributed by atoms with Crippen molar-refractivity contribution >= 4 is 35.6 Å². The van der Waals surface area contributed by atoms with Gasteiger partial charge in [-0.25, -0.2) is 0 Å². The summed E-state index contributed by atoms with van der Waals surface area (Å²) in [5, 5.41) is 13.3. The van der Waals surface area contributed by atoms with E-state index in [9.17, 15) is 5.11 Å². The Hall–Kier alpha value is -0.820. The summed E-state index contributed by atoms with van der Waals surface area (Å²) in [5.41, 5.74) is 8.06. The van der Waals surface area contributed by atoms with E-state index in [1.165, 1.54) is 5.56 Å². The van der Waals surface area contributed by atoms with E-state index in [1.807, 2.05) is 12.1 Å². The van der Waals surface area contributed by atoms with Gasteiger partial charge in [-0.05, 0) is 37.0 Å². The fraction of sp³-hybridized carbons (Fsp3) is 0.588. The monoisotopic (exact) mass is 417 g/mol. The lowest BCUT2D eigenvalue weighted by Crippen LogP contribution is -2.39. The molecule has 5 heteroatoms. The molecule has 0 spiro atoms. The normalized spacial score (nSPS) is 25.4. The summed E-state index contributed by atoms with van der Waals surface area (Å²) in [7, 11) is 0. The largest absolute Gasteiger partial charge is 0.392 e. The van der Waals surface area contributed by atoms with E-state index in [0.29, 0.717) is 12.5 Å². The second-order valence-corrected chi connectivity index (χ2v) is 6.30. The van der Waals surface area contributed by atoms with Crippen LogP contribution in [0.3, 0.4) is 0 Å². The van der Waals surface area contributed by atoms with Crippen LogP contribution in [-0.4, -0.2) is 23.7 Å². The average molecular weight is 417 g/mol. The summed E-state index contributed by atoms with van der Waals surface area (Å²) in [4.78, 5) is 4.44. The van der Waals surface area contributed by atoms with Gasteiger partial charge in [0.2, 0.25) is 0 Å². The molecule has 1 aromatic carbocycles. The van der Waals surface area contributed by atoms with Gasteiger partial charge in [-0.2, -0.15) is 0 Å². The maximum atomic E-state index is 10.2. The smallest absolute Gasteiger partial charge is 0.193 e. The molecule has 0 amide bonds. The van der Waals surface area contributed by atoms with Gasteiger partial charge >= 0.3 is 0 Å². The molecule has 2 rings (SSSR count). The Labute approximate surface area is 150 Å². The number of aliphatic hydroxyl groups is 1. The van der Waals surface area contributed by atoms with Gasteiger partial charge in [0.1, 0.15) is 0 Å². The zero-order chi connectivity index (χ0) is 15.3. The summed E-state index contributed by atoms with van der Waals surface area (Å²) in [5.74, 6) is 0.419. The highest BCUT2D eigenvalue weighted by Gasteiger charge is 2.35. The molecule has 4 N–H and O–H groups in total. The predicted molar refractivity (Wildman–Crippen MR) is 104 cm³/mol. The molecule has 1 saturated carbocycles. The third-order valence-electron chi connectivity index (χ3n) is 4.50. The van der Waals surface area contributed by atoms with Crippen LogP contribution in [0.25, 0.3) is 0 Å². The summed E-state index contributed by atoms with van der Waals surface area (Å²) in [6.45, 7) is 4.80. The van der Waals surface area contributed by atoms with Crippen molar-refractivity contribution in [2.45, 2.75) is 52.1 Å². The molecule has 0 aromatic heterocycles. The minimum absolute atomic E-state index is 0. The standard InChI is InChI=1S/C17H27N3O.HI/c1-3-13-7-6-8-14(11-13)20-16(18)19-12-17(2)10-5-4-9-15(17)21;/h6-8,11,15,21H,3-5,9-10,12H2,1-2H3,(H3,18,19,20);1H. The number of anilines is 1. The van der Waals surface area contributed by atoms with E-state index in [2.05, 4.69) is 36.3 Å². The van der Waals surface area contributed by atoms with Crippen molar-refractivity contribution in [3.63, 3.8) is 0 Å². The van der Waals surface area contributed by atoms with E-state index in [1.54, 1.807) is 0 Å². The first kappa shape index (κ1) is 19.2. The van der Waals surface area contributed by atoms with E-state index >= 15 is 0 Å². The van der Waals surface area contributed by atoms with E-state index < -0.39 is 0 Å². The number of nitrogens with zero attached hydrogens (tertiary/aromatic N) is 1. The summed E-state index contributed by atoms with van der Waals surface area (Å²) in [6, 6.07) is 8.18. The van der Waals surface area contributed by atoms with E-state index in [0.717, 1.165) is 37.8 Å². The van der Waals surface area contributed by atoms with Crippen molar-refractivity contribution in [2.75, 3.05) is 11.9 Å². The number of hydrogen-bond donors (Lipinski definition) is 3. The summed E-state index contributed by atoms with van der Waals surface area (Å²) < 4.78 is 0. The van der Waals surface area contributed by atoms with Gasteiger partial charge in [0, 0.05) is 11.1 Å². The Bertz CT molecular complexity index is 506. The Morgan fingerprint density at radius 2 is 2.23 bits per heavy atom. The second kappa shape index (κ2) is 8.72. The molecule has 2 atom stereocenters. The van der Waals surface area contributed by atoms with E-state index in [-0.39, 0.29) is 35.5 Å². The number of nitrogens with two attached hydrogens (primary N) is 1. The molecule has 0 bridgehead atoms. The van der Waals surface area contributed by atoms with Gasteiger partial charge in [-0.3, -0.25) is 4.99 Å². The van der Waals surface area contributed by atoms with Crippen molar-refractivity contribution in [3.8, 4) is 0 Å². The average Bonchev–Trinajstić information content (AvgIpc) is 2.49. The minimum atomic E-state index is -0.272. The number of aliphatic imine (C=N–C) groups is 1. The molecule has 1 fully saturated rings. The van der Waals surface area contributed by atoms with Crippen LogP contribution < -0.4 is 11.1 Å².